The van der Waals surface area contributed by atoms with Crippen molar-refractivity contribution < 1.29 is 13.9 Å². The van der Waals surface area contributed by atoms with Crippen LogP contribution in [0.3, 0.4) is 0 Å². The number of nitro groups is 1. The van der Waals surface area contributed by atoms with Crippen LogP contribution >= 0.6 is 10.3 Å². The number of non-ortho nitro benzene ring substituents is 1. The highest BCUT2D eigenvalue weighted by Gasteiger charge is 2.45. The number of hydrogen-bond donors (Lipinski definition) is 2. The number of halogens is 1. The third-order valence-corrected chi connectivity index (χ3v) is 7.11. The van der Waals surface area contributed by atoms with E-state index in [-0.39, 0.29) is 17.0 Å². The smallest absolute Gasteiger partial charge is 0.276 e. The summed E-state index contributed by atoms with van der Waals surface area (Å²) in [7, 11) is -2.48. The lowest BCUT2D eigenvalue weighted by atomic mass is 9.94. The predicted octanol–water partition coefficient (Wildman–Crippen LogP) is 3.47. The lowest BCUT2D eigenvalue weighted by molar-refractivity contribution is -0.385. The standard InChI is InChI=1S/C14H20FN3O3S/c1-13(2,17-4)22(5,21)9-14(3,16)11-8-10(18(19)20)6-7-12(11)15/h6-8,21H,9,16H2,1-3,5H3/t14-/m0/s1. The van der Waals surface area contributed by atoms with Crippen molar-refractivity contribution >= 4 is 16.0 Å². The molecule has 1 aromatic carbocycles. The molecule has 0 spiro atoms. The molecule has 0 aliphatic rings. The van der Waals surface area contributed by atoms with Crippen LogP contribution < -0.4 is 5.73 Å². The molecule has 0 aliphatic carbocycles. The van der Waals surface area contributed by atoms with E-state index in [1.165, 1.54) is 13.2 Å². The maximum absolute atomic E-state index is 14.0. The van der Waals surface area contributed by atoms with Crippen LogP contribution in [0.25, 0.3) is 4.85 Å². The summed E-state index contributed by atoms with van der Waals surface area (Å²) in [5.41, 5.74) is 4.49. The van der Waals surface area contributed by atoms with Crippen LogP contribution in [-0.2, 0) is 5.54 Å². The van der Waals surface area contributed by atoms with E-state index in [2.05, 4.69) is 4.85 Å². The molecule has 0 amide bonds. The minimum absolute atomic E-state index is 0.0461. The molecule has 0 aliphatic heterocycles. The normalized spacial score (nSPS) is 18.6. The van der Waals surface area contributed by atoms with E-state index in [0.29, 0.717) is 0 Å². The maximum Gasteiger partial charge on any atom is 0.276 e. The molecule has 1 unspecified atom stereocenters. The molecule has 1 rings (SSSR count). The summed E-state index contributed by atoms with van der Waals surface area (Å²) >= 11 is 0. The summed E-state index contributed by atoms with van der Waals surface area (Å²) in [5.74, 6) is -0.723. The van der Waals surface area contributed by atoms with Crippen LogP contribution in [0, 0.1) is 22.5 Å². The summed E-state index contributed by atoms with van der Waals surface area (Å²) in [4.78, 5) is 12.6. The first kappa shape index (κ1) is 18.4. The molecule has 0 bridgehead atoms. The minimum atomic E-state index is -2.48. The summed E-state index contributed by atoms with van der Waals surface area (Å²) in [6.45, 7) is 11.9. The Morgan fingerprint density at radius 1 is 1.50 bits per heavy atom. The predicted molar refractivity (Wildman–Crippen MR) is 86.3 cm³/mol. The number of nitro benzene ring substituents is 1. The van der Waals surface area contributed by atoms with Gasteiger partial charge >= 0.3 is 0 Å². The second-order valence-electron chi connectivity index (χ2n) is 6.08. The van der Waals surface area contributed by atoms with E-state index in [1.54, 1.807) is 13.8 Å². The molecule has 0 aromatic heterocycles. The molecule has 6 nitrogen and oxygen atoms in total. The molecule has 1 aromatic rings. The van der Waals surface area contributed by atoms with E-state index in [9.17, 15) is 19.1 Å². The van der Waals surface area contributed by atoms with Gasteiger partial charge in [0.2, 0.25) is 0 Å². The monoisotopic (exact) mass is 329 g/mol. The summed E-state index contributed by atoms with van der Waals surface area (Å²) < 4.78 is 24.7. The molecule has 0 fully saturated rings. The van der Waals surface area contributed by atoms with Crippen LogP contribution in [0.4, 0.5) is 10.1 Å². The van der Waals surface area contributed by atoms with E-state index in [4.69, 9.17) is 12.3 Å². The summed E-state index contributed by atoms with van der Waals surface area (Å²) in [6.07, 6.45) is 1.53. The third kappa shape index (κ3) is 3.55. The zero-order valence-corrected chi connectivity index (χ0v) is 13.8. The molecule has 0 saturated heterocycles. The van der Waals surface area contributed by atoms with Crippen LogP contribution in [0.2, 0.25) is 0 Å². The lowest BCUT2D eigenvalue weighted by Crippen LogP contribution is -2.43. The van der Waals surface area contributed by atoms with Gasteiger partial charge in [-0.25, -0.2) is 11.0 Å². The molecule has 0 saturated carbocycles. The molecular formula is C14H20FN3O3S. The second-order valence-corrected chi connectivity index (χ2v) is 9.45. The number of benzene rings is 1. The fourth-order valence-electron chi connectivity index (χ4n) is 2.00. The van der Waals surface area contributed by atoms with Gasteiger partial charge in [0, 0.05) is 37.3 Å². The Hall–Kier alpha value is -1.69. The molecule has 122 valence electrons. The van der Waals surface area contributed by atoms with Gasteiger partial charge in [-0.05, 0) is 19.2 Å². The van der Waals surface area contributed by atoms with E-state index in [1.807, 2.05) is 0 Å². The van der Waals surface area contributed by atoms with Crippen molar-refractivity contribution in [3.05, 3.63) is 51.1 Å². The zero-order valence-electron chi connectivity index (χ0n) is 13.0. The SMILES string of the molecule is [C-]#[N+]C(C)(C)S(C)(O)C[C@](C)(N)c1cc([N+](=O)[O-])ccc1F. The minimum Gasteiger partial charge on any atom is -0.345 e. The van der Waals surface area contributed by atoms with Crippen molar-refractivity contribution in [3.8, 4) is 0 Å². The Kier molecular flexibility index (Phi) is 4.87. The Balaban J connectivity index is 3.28. The fraction of sp³-hybridized carbons (Fsp3) is 0.500. The van der Waals surface area contributed by atoms with E-state index < -0.39 is 31.5 Å². The van der Waals surface area contributed by atoms with E-state index in [0.717, 1.165) is 18.2 Å². The second kappa shape index (κ2) is 5.83. The van der Waals surface area contributed by atoms with Crippen molar-refractivity contribution in [1.82, 2.24) is 0 Å². The molecule has 0 heterocycles. The third-order valence-electron chi connectivity index (χ3n) is 3.70. The van der Waals surface area contributed by atoms with Crippen LogP contribution in [0.1, 0.15) is 26.3 Å². The molecular weight excluding hydrogens is 309 g/mol. The van der Waals surface area contributed by atoms with Crippen molar-refractivity contribution in [1.29, 1.82) is 0 Å². The quantitative estimate of drug-likeness (QED) is 0.491. The van der Waals surface area contributed by atoms with Gasteiger partial charge in [0.25, 0.3) is 10.6 Å². The van der Waals surface area contributed by atoms with Gasteiger partial charge in [0.05, 0.1) is 10.5 Å². The first-order valence-electron chi connectivity index (χ1n) is 6.44. The topological polar surface area (TPSA) is 93.8 Å². The van der Waals surface area contributed by atoms with Crippen LogP contribution in [0.15, 0.2) is 18.2 Å². The first-order chi connectivity index (χ1) is 9.84. The van der Waals surface area contributed by atoms with Gasteiger partial charge < -0.3 is 10.3 Å². The van der Waals surface area contributed by atoms with Gasteiger partial charge in [-0.1, -0.05) is 10.3 Å². The summed E-state index contributed by atoms with van der Waals surface area (Å²) in [6, 6.07) is 3.13. The number of rotatable bonds is 5. The number of nitrogens with zero attached hydrogens (tertiary/aromatic N) is 2. The molecule has 0 radical (unpaired) electrons. The molecule has 3 N–H and O–H groups in total. The average Bonchev–Trinajstić information content (AvgIpc) is 2.37. The van der Waals surface area contributed by atoms with Crippen LogP contribution in [0.5, 0.6) is 0 Å². The largest absolute Gasteiger partial charge is 0.345 e. The van der Waals surface area contributed by atoms with Gasteiger partial charge in [-0.15, -0.1) is 0 Å². The van der Waals surface area contributed by atoms with Gasteiger partial charge in [-0.3, -0.25) is 15.0 Å². The molecule has 8 heteroatoms. The highest BCUT2D eigenvalue weighted by Crippen LogP contribution is 2.56. The summed E-state index contributed by atoms with van der Waals surface area (Å²) in [5, 5.41) is 10.8. The van der Waals surface area contributed by atoms with E-state index >= 15 is 0 Å². The van der Waals surface area contributed by atoms with Crippen molar-refractivity contribution in [2.24, 2.45) is 5.73 Å². The van der Waals surface area contributed by atoms with Crippen molar-refractivity contribution in [3.63, 3.8) is 0 Å². The first-order valence-corrected chi connectivity index (χ1v) is 8.61. The Labute approximate surface area is 130 Å². The molecule has 2 atom stereocenters. The lowest BCUT2D eigenvalue weighted by Gasteiger charge is -2.41. The highest BCUT2D eigenvalue weighted by molar-refractivity contribution is 8.29. The average molecular weight is 329 g/mol. The van der Waals surface area contributed by atoms with Crippen molar-refractivity contribution in [2.45, 2.75) is 31.2 Å². The zero-order chi connectivity index (χ0) is 17.3. The number of nitrogens with two attached hydrogens (primary N) is 1. The fourth-order valence-corrected chi connectivity index (χ4v) is 3.87. The van der Waals surface area contributed by atoms with Crippen molar-refractivity contribution in [2.75, 3.05) is 12.0 Å². The van der Waals surface area contributed by atoms with Crippen LogP contribution in [-0.4, -0.2) is 26.4 Å². The number of hydrogen-bond acceptors (Lipinski definition) is 4. The molecule has 22 heavy (non-hydrogen) atoms. The Morgan fingerprint density at radius 2 is 2.05 bits per heavy atom. The highest BCUT2D eigenvalue weighted by atomic mass is 32.3. The van der Waals surface area contributed by atoms with Gasteiger partial charge in [0.15, 0.2) is 0 Å². The van der Waals surface area contributed by atoms with Gasteiger partial charge in [-0.2, -0.15) is 0 Å². The Bertz CT molecular complexity index is 639. The maximum atomic E-state index is 14.0. The van der Waals surface area contributed by atoms with Gasteiger partial charge in [0.1, 0.15) is 5.82 Å². The Morgan fingerprint density at radius 3 is 2.50 bits per heavy atom.